The first-order valence-electron chi connectivity index (χ1n) is 9.94. The number of amides is 3. The lowest BCUT2D eigenvalue weighted by molar-refractivity contribution is -0.143. The summed E-state index contributed by atoms with van der Waals surface area (Å²) in [5, 5.41) is 24.2. The Kier molecular flexibility index (Phi) is 9.01. The highest BCUT2D eigenvalue weighted by Gasteiger charge is 2.37. The van der Waals surface area contributed by atoms with Crippen molar-refractivity contribution in [1.29, 1.82) is 5.26 Å². The molecule has 0 spiro atoms. The standard InChI is InChI=1S/C22H32N4O5/c1-21(2,3)25-18(28)17(15-10-8-7-9-11-15)26(13-12-23)19(29)16(14-27)24-20(30)31-22(4,5)6/h7-11,16-17,27H,13-14H2,1-6H3,(H,24,30)(H,25,28). The van der Waals surface area contributed by atoms with Gasteiger partial charge in [-0.1, -0.05) is 30.3 Å². The molecule has 2 unspecified atom stereocenters. The predicted octanol–water partition coefficient (Wildman–Crippen LogP) is 1.88. The minimum atomic E-state index is -1.39. The summed E-state index contributed by atoms with van der Waals surface area (Å²) in [6, 6.07) is 7.88. The summed E-state index contributed by atoms with van der Waals surface area (Å²) < 4.78 is 5.14. The Labute approximate surface area is 183 Å². The number of carbonyl (C=O) groups is 3. The molecule has 1 aromatic carbocycles. The molecule has 0 aromatic heterocycles. The second-order valence-corrected chi connectivity index (χ2v) is 9.06. The zero-order chi connectivity index (χ0) is 23.8. The smallest absolute Gasteiger partial charge is 0.408 e. The summed E-state index contributed by atoms with van der Waals surface area (Å²) in [5.41, 5.74) is -0.906. The maximum absolute atomic E-state index is 13.2. The summed E-state index contributed by atoms with van der Waals surface area (Å²) in [6.07, 6.45) is -0.896. The second-order valence-electron chi connectivity index (χ2n) is 9.06. The number of aliphatic hydroxyl groups excluding tert-OH is 1. The van der Waals surface area contributed by atoms with Crippen LogP contribution in [0.5, 0.6) is 0 Å². The van der Waals surface area contributed by atoms with Crippen molar-refractivity contribution in [2.75, 3.05) is 13.2 Å². The monoisotopic (exact) mass is 432 g/mol. The van der Waals surface area contributed by atoms with Gasteiger partial charge in [0.2, 0.25) is 11.8 Å². The number of benzene rings is 1. The SMILES string of the molecule is CC(C)(C)NC(=O)C(c1ccccc1)N(CC#N)C(=O)C(CO)NC(=O)OC(C)(C)C. The van der Waals surface area contributed by atoms with E-state index >= 15 is 0 Å². The van der Waals surface area contributed by atoms with Crippen LogP contribution in [0.4, 0.5) is 4.79 Å². The van der Waals surface area contributed by atoms with Crippen molar-refractivity contribution in [1.82, 2.24) is 15.5 Å². The third-order valence-corrected chi connectivity index (χ3v) is 3.87. The zero-order valence-corrected chi connectivity index (χ0v) is 18.9. The van der Waals surface area contributed by atoms with Crippen molar-refractivity contribution in [2.45, 2.75) is 64.8 Å². The molecule has 2 atom stereocenters. The molecule has 0 bridgehead atoms. The summed E-state index contributed by atoms with van der Waals surface area (Å²) in [6.45, 7) is 9.20. The molecule has 0 fully saturated rings. The first kappa shape index (κ1) is 25.9. The van der Waals surface area contributed by atoms with E-state index in [1.165, 1.54) is 0 Å². The van der Waals surface area contributed by atoms with Crippen molar-refractivity contribution >= 4 is 17.9 Å². The number of nitrogens with one attached hydrogen (secondary N) is 2. The van der Waals surface area contributed by atoms with Crippen LogP contribution in [0.2, 0.25) is 0 Å². The molecule has 31 heavy (non-hydrogen) atoms. The van der Waals surface area contributed by atoms with Crippen molar-refractivity contribution < 1.29 is 24.2 Å². The average Bonchev–Trinajstić information content (AvgIpc) is 2.63. The fourth-order valence-corrected chi connectivity index (χ4v) is 2.75. The normalized spacial score (nSPS) is 13.4. The fraction of sp³-hybridized carbons (Fsp3) is 0.545. The molecular formula is C22H32N4O5. The molecule has 0 heterocycles. The van der Waals surface area contributed by atoms with Crippen molar-refractivity contribution in [3.8, 4) is 6.07 Å². The Balaban J connectivity index is 3.29. The fourth-order valence-electron chi connectivity index (χ4n) is 2.75. The van der Waals surface area contributed by atoms with Gasteiger partial charge >= 0.3 is 6.09 Å². The second kappa shape index (κ2) is 10.8. The Morgan fingerprint density at radius 2 is 1.71 bits per heavy atom. The van der Waals surface area contributed by atoms with Crippen LogP contribution in [-0.2, 0) is 14.3 Å². The van der Waals surface area contributed by atoms with Gasteiger partial charge in [0.05, 0.1) is 12.7 Å². The Morgan fingerprint density at radius 1 is 1.13 bits per heavy atom. The molecule has 1 rings (SSSR count). The third-order valence-electron chi connectivity index (χ3n) is 3.87. The van der Waals surface area contributed by atoms with E-state index in [-0.39, 0.29) is 0 Å². The molecule has 9 heteroatoms. The van der Waals surface area contributed by atoms with Crippen LogP contribution in [0, 0.1) is 11.3 Å². The van der Waals surface area contributed by atoms with E-state index in [9.17, 15) is 24.8 Å². The van der Waals surface area contributed by atoms with Gasteiger partial charge in [-0.2, -0.15) is 5.26 Å². The summed E-state index contributed by atoms with van der Waals surface area (Å²) in [4.78, 5) is 39.5. The maximum atomic E-state index is 13.2. The highest BCUT2D eigenvalue weighted by molar-refractivity contribution is 5.92. The number of alkyl carbamates (subject to hydrolysis) is 1. The summed E-state index contributed by atoms with van der Waals surface area (Å²) >= 11 is 0. The number of hydrogen-bond acceptors (Lipinski definition) is 6. The van der Waals surface area contributed by atoms with Gasteiger partial charge in [0.1, 0.15) is 24.2 Å². The highest BCUT2D eigenvalue weighted by atomic mass is 16.6. The van der Waals surface area contributed by atoms with Crippen LogP contribution in [0.3, 0.4) is 0 Å². The molecule has 170 valence electrons. The van der Waals surface area contributed by atoms with E-state index in [1.54, 1.807) is 71.9 Å². The minimum Gasteiger partial charge on any atom is -0.444 e. The summed E-state index contributed by atoms with van der Waals surface area (Å²) in [5.74, 6) is -1.27. The molecule has 0 saturated carbocycles. The lowest BCUT2D eigenvalue weighted by Gasteiger charge is -2.34. The van der Waals surface area contributed by atoms with E-state index in [0.29, 0.717) is 5.56 Å². The third kappa shape index (κ3) is 8.64. The minimum absolute atomic E-state index is 0.428. The number of nitrogens with zero attached hydrogens (tertiary/aromatic N) is 2. The van der Waals surface area contributed by atoms with Gasteiger partial charge in [0.25, 0.3) is 0 Å². The number of hydrogen-bond donors (Lipinski definition) is 3. The maximum Gasteiger partial charge on any atom is 0.408 e. The van der Waals surface area contributed by atoms with Crippen molar-refractivity contribution in [3.63, 3.8) is 0 Å². The molecule has 0 saturated heterocycles. The van der Waals surface area contributed by atoms with Gasteiger partial charge in [-0.15, -0.1) is 0 Å². The van der Waals surface area contributed by atoms with E-state index < -0.39 is 54.3 Å². The largest absolute Gasteiger partial charge is 0.444 e. The topological polar surface area (TPSA) is 132 Å². The Hall–Kier alpha value is -3.12. The molecule has 0 radical (unpaired) electrons. The average molecular weight is 433 g/mol. The van der Waals surface area contributed by atoms with E-state index in [1.807, 2.05) is 6.07 Å². The van der Waals surface area contributed by atoms with Crippen LogP contribution in [0.1, 0.15) is 53.1 Å². The van der Waals surface area contributed by atoms with E-state index in [2.05, 4.69) is 10.6 Å². The molecule has 3 N–H and O–H groups in total. The van der Waals surface area contributed by atoms with Gasteiger partial charge in [-0.05, 0) is 47.1 Å². The lowest BCUT2D eigenvalue weighted by Crippen LogP contribution is -2.55. The van der Waals surface area contributed by atoms with E-state index in [4.69, 9.17) is 4.74 Å². The Bertz CT molecular complexity index is 806. The van der Waals surface area contributed by atoms with Crippen molar-refractivity contribution in [2.24, 2.45) is 0 Å². The lowest BCUT2D eigenvalue weighted by atomic mass is 10.0. The number of aliphatic hydroxyl groups is 1. The predicted molar refractivity (Wildman–Crippen MR) is 115 cm³/mol. The van der Waals surface area contributed by atoms with Crippen LogP contribution in [0.25, 0.3) is 0 Å². The van der Waals surface area contributed by atoms with Gasteiger partial charge in [0, 0.05) is 5.54 Å². The molecule has 3 amide bonds. The van der Waals surface area contributed by atoms with Gasteiger partial charge in [-0.25, -0.2) is 4.79 Å². The van der Waals surface area contributed by atoms with Gasteiger partial charge < -0.3 is 25.4 Å². The zero-order valence-electron chi connectivity index (χ0n) is 18.9. The van der Waals surface area contributed by atoms with E-state index in [0.717, 1.165) is 4.90 Å². The first-order chi connectivity index (χ1) is 14.3. The number of rotatable bonds is 7. The summed E-state index contributed by atoms with van der Waals surface area (Å²) in [7, 11) is 0. The van der Waals surface area contributed by atoms with Crippen LogP contribution in [0.15, 0.2) is 30.3 Å². The highest BCUT2D eigenvalue weighted by Crippen LogP contribution is 2.23. The molecule has 0 aliphatic carbocycles. The molecule has 0 aliphatic rings. The van der Waals surface area contributed by atoms with Crippen LogP contribution < -0.4 is 10.6 Å². The first-order valence-corrected chi connectivity index (χ1v) is 9.94. The van der Waals surface area contributed by atoms with Gasteiger partial charge in [-0.3, -0.25) is 9.59 Å². The quantitative estimate of drug-likeness (QED) is 0.564. The molecular weight excluding hydrogens is 400 g/mol. The number of nitriles is 1. The molecule has 9 nitrogen and oxygen atoms in total. The number of carbonyl (C=O) groups excluding carboxylic acids is 3. The Morgan fingerprint density at radius 3 is 2.16 bits per heavy atom. The molecule has 0 aliphatic heterocycles. The van der Waals surface area contributed by atoms with Gasteiger partial charge in [0.15, 0.2) is 0 Å². The van der Waals surface area contributed by atoms with Crippen molar-refractivity contribution in [3.05, 3.63) is 35.9 Å². The number of ether oxygens (including phenoxy) is 1. The molecule has 1 aromatic rings. The van der Waals surface area contributed by atoms with Crippen LogP contribution in [-0.4, -0.2) is 58.2 Å². The van der Waals surface area contributed by atoms with Crippen LogP contribution >= 0.6 is 0 Å².